The van der Waals surface area contributed by atoms with Crippen molar-refractivity contribution < 1.29 is 22.7 Å². The molecule has 1 aliphatic rings. The molecule has 2 heterocycles. The zero-order valence-corrected chi connectivity index (χ0v) is 13.5. The number of amides is 1. The predicted octanol–water partition coefficient (Wildman–Crippen LogP) is 2.36. The van der Waals surface area contributed by atoms with Gasteiger partial charge in [-0.05, 0) is 46.3 Å². The second-order valence-electron chi connectivity index (χ2n) is 4.06. The number of nitrogens with one attached hydrogen (secondary N) is 1. The molecule has 0 unspecified atom stereocenters. The maximum Gasteiger partial charge on any atom is 0.273 e. The van der Waals surface area contributed by atoms with Gasteiger partial charge in [-0.1, -0.05) is 0 Å². The van der Waals surface area contributed by atoms with E-state index in [4.69, 9.17) is 9.47 Å². The number of halogens is 1. The number of carbonyl (C=O) groups is 1. The third-order valence-electron chi connectivity index (χ3n) is 2.68. The van der Waals surface area contributed by atoms with Crippen LogP contribution in [0.1, 0.15) is 10.4 Å². The van der Waals surface area contributed by atoms with Crippen LogP contribution in [0.4, 0.5) is 0 Å². The first-order valence-electron chi connectivity index (χ1n) is 5.68. The van der Waals surface area contributed by atoms with Crippen molar-refractivity contribution in [1.29, 1.82) is 0 Å². The van der Waals surface area contributed by atoms with Crippen molar-refractivity contribution in [2.24, 2.45) is 0 Å². The van der Waals surface area contributed by atoms with Gasteiger partial charge in [0.1, 0.15) is 4.21 Å². The van der Waals surface area contributed by atoms with Gasteiger partial charge in [0.25, 0.3) is 15.9 Å². The minimum atomic E-state index is -3.88. The summed E-state index contributed by atoms with van der Waals surface area (Å²) >= 11 is 4.20. The lowest BCUT2D eigenvalue weighted by Gasteiger charge is -2.05. The van der Waals surface area contributed by atoms with E-state index < -0.39 is 15.9 Å². The quantitative estimate of drug-likeness (QED) is 0.870. The van der Waals surface area contributed by atoms with Crippen LogP contribution < -0.4 is 14.2 Å². The summed E-state index contributed by atoms with van der Waals surface area (Å²) in [5.74, 6) is 0.216. The molecule has 0 aliphatic carbocycles. The molecule has 1 aromatic carbocycles. The highest BCUT2D eigenvalue weighted by Crippen LogP contribution is 2.32. The van der Waals surface area contributed by atoms with Crippen LogP contribution >= 0.6 is 27.3 Å². The molecule has 1 aliphatic heterocycles. The van der Waals surface area contributed by atoms with Crippen LogP contribution in [0.25, 0.3) is 0 Å². The summed E-state index contributed by atoms with van der Waals surface area (Å²) in [5, 5.41) is 0. The molecule has 0 spiro atoms. The Labute approximate surface area is 132 Å². The summed E-state index contributed by atoms with van der Waals surface area (Å²) < 4.78 is 37.2. The molecule has 1 amide bonds. The molecule has 6 nitrogen and oxygen atoms in total. The number of hydrogen-bond acceptors (Lipinski definition) is 6. The highest BCUT2D eigenvalue weighted by atomic mass is 79.9. The van der Waals surface area contributed by atoms with Crippen LogP contribution in [0.15, 0.2) is 38.3 Å². The van der Waals surface area contributed by atoms with Crippen LogP contribution in [0.5, 0.6) is 11.5 Å². The van der Waals surface area contributed by atoms with E-state index in [1.165, 1.54) is 18.2 Å². The van der Waals surface area contributed by atoms with E-state index in [2.05, 4.69) is 15.9 Å². The van der Waals surface area contributed by atoms with Crippen molar-refractivity contribution in [1.82, 2.24) is 4.72 Å². The average molecular weight is 390 g/mol. The fourth-order valence-corrected chi connectivity index (χ4v) is 4.70. The first kappa shape index (κ1) is 14.4. The van der Waals surface area contributed by atoms with E-state index in [9.17, 15) is 13.2 Å². The Balaban J connectivity index is 1.83. The highest BCUT2D eigenvalue weighted by molar-refractivity contribution is 9.11. The molecule has 0 atom stereocenters. The fourth-order valence-electron chi connectivity index (χ4n) is 1.71. The van der Waals surface area contributed by atoms with Crippen molar-refractivity contribution in [3.63, 3.8) is 0 Å². The Bertz CT molecular complexity index is 815. The Kier molecular flexibility index (Phi) is 3.64. The molecule has 0 saturated heterocycles. The zero-order valence-electron chi connectivity index (χ0n) is 10.3. The van der Waals surface area contributed by atoms with Crippen molar-refractivity contribution in [3.8, 4) is 11.5 Å². The van der Waals surface area contributed by atoms with Gasteiger partial charge in [0, 0.05) is 5.56 Å². The molecule has 0 bridgehead atoms. The summed E-state index contributed by atoms with van der Waals surface area (Å²) in [6, 6.07) is 7.50. The Morgan fingerprint density at radius 2 is 1.95 bits per heavy atom. The second-order valence-corrected chi connectivity index (χ2v) is 8.43. The molecular weight excluding hydrogens is 382 g/mol. The maximum absolute atomic E-state index is 12.1. The van der Waals surface area contributed by atoms with Gasteiger partial charge in [0.2, 0.25) is 6.79 Å². The third kappa shape index (κ3) is 2.89. The monoisotopic (exact) mass is 389 g/mol. The van der Waals surface area contributed by atoms with E-state index >= 15 is 0 Å². The highest BCUT2D eigenvalue weighted by Gasteiger charge is 2.22. The minimum Gasteiger partial charge on any atom is -0.454 e. The molecule has 21 heavy (non-hydrogen) atoms. The van der Waals surface area contributed by atoms with Crippen LogP contribution in [-0.2, 0) is 10.0 Å². The lowest BCUT2D eigenvalue weighted by Crippen LogP contribution is -2.29. The molecule has 0 radical (unpaired) electrons. The van der Waals surface area contributed by atoms with Gasteiger partial charge in [-0.25, -0.2) is 13.1 Å². The normalized spacial score (nSPS) is 13.2. The topological polar surface area (TPSA) is 81.7 Å². The van der Waals surface area contributed by atoms with Crippen LogP contribution in [0.3, 0.4) is 0 Å². The standard InChI is InChI=1S/C12H8BrNO5S2/c13-10-3-4-11(20-10)21(16,17)14-12(15)7-1-2-8-9(5-7)19-6-18-8/h1-5H,6H2,(H,14,15). The summed E-state index contributed by atoms with van der Waals surface area (Å²) in [7, 11) is -3.88. The molecule has 9 heteroatoms. The van der Waals surface area contributed by atoms with Crippen molar-refractivity contribution >= 4 is 43.2 Å². The van der Waals surface area contributed by atoms with Crippen molar-refractivity contribution in [2.75, 3.05) is 6.79 Å². The minimum absolute atomic E-state index is 0.0588. The van der Waals surface area contributed by atoms with Gasteiger partial charge in [0.15, 0.2) is 11.5 Å². The van der Waals surface area contributed by atoms with E-state index in [-0.39, 0.29) is 16.6 Å². The SMILES string of the molecule is O=C(NS(=O)(=O)c1ccc(Br)s1)c1ccc2c(c1)OCO2. The van der Waals surface area contributed by atoms with Gasteiger partial charge in [-0.2, -0.15) is 0 Å². The number of carbonyl (C=O) groups excluding carboxylic acids is 1. The van der Waals surface area contributed by atoms with E-state index in [0.29, 0.717) is 15.3 Å². The van der Waals surface area contributed by atoms with Crippen molar-refractivity contribution in [2.45, 2.75) is 4.21 Å². The van der Waals surface area contributed by atoms with Crippen molar-refractivity contribution in [3.05, 3.63) is 39.7 Å². The Morgan fingerprint density at radius 3 is 2.67 bits per heavy atom. The summed E-state index contributed by atoms with van der Waals surface area (Å²) in [4.78, 5) is 12.0. The fraction of sp³-hybridized carbons (Fsp3) is 0.0833. The second kappa shape index (κ2) is 5.32. The molecule has 1 N–H and O–H groups in total. The van der Waals surface area contributed by atoms with Gasteiger partial charge in [0.05, 0.1) is 3.79 Å². The molecule has 2 aromatic rings. The number of rotatable bonds is 3. The van der Waals surface area contributed by atoms with Gasteiger partial charge >= 0.3 is 0 Å². The van der Waals surface area contributed by atoms with E-state index in [0.717, 1.165) is 11.3 Å². The van der Waals surface area contributed by atoms with Crippen LogP contribution in [-0.4, -0.2) is 21.1 Å². The smallest absolute Gasteiger partial charge is 0.273 e. The van der Waals surface area contributed by atoms with Gasteiger partial charge in [-0.3, -0.25) is 4.79 Å². The third-order valence-corrected chi connectivity index (χ3v) is 6.12. The summed E-state index contributed by atoms with van der Waals surface area (Å²) in [5.41, 5.74) is 0.179. The molecule has 0 fully saturated rings. The first-order valence-corrected chi connectivity index (χ1v) is 8.77. The molecule has 0 saturated carbocycles. The maximum atomic E-state index is 12.1. The average Bonchev–Trinajstić information content (AvgIpc) is 3.05. The number of ether oxygens (including phenoxy) is 2. The lowest BCUT2D eigenvalue weighted by atomic mass is 10.2. The molecule has 110 valence electrons. The van der Waals surface area contributed by atoms with Crippen LogP contribution in [0.2, 0.25) is 0 Å². The predicted molar refractivity (Wildman–Crippen MR) is 79.2 cm³/mol. The van der Waals surface area contributed by atoms with Crippen LogP contribution in [0, 0.1) is 0 Å². The van der Waals surface area contributed by atoms with E-state index in [1.54, 1.807) is 12.1 Å². The first-order chi connectivity index (χ1) is 9.95. The Hall–Kier alpha value is -1.58. The molecule has 3 rings (SSSR count). The number of hydrogen-bond donors (Lipinski definition) is 1. The largest absolute Gasteiger partial charge is 0.454 e. The summed E-state index contributed by atoms with van der Waals surface area (Å²) in [6.07, 6.45) is 0. The number of thiophene rings is 1. The molecule has 1 aromatic heterocycles. The van der Waals surface area contributed by atoms with E-state index in [1.807, 2.05) is 4.72 Å². The van der Waals surface area contributed by atoms with Gasteiger partial charge < -0.3 is 9.47 Å². The number of sulfonamides is 1. The Morgan fingerprint density at radius 1 is 1.19 bits per heavy atom. The number of fused-ring (bicyclic) bond motifs is 1. The van der Waals surface area contributed by atoms with Gasteiger partial charge in [-0.15, -0.1) is 11.3 Å². The summed E-state index contributed by atoms with van der Waals surface area (Å²) in [6.45, 7) is 0.0852. The molecular formula is C12H8BrNO5S2. The number of benzene rings is 1. The lowest BCUT2D eigenvalue weighted by molar-refractivity contribution is 0.0981. The zero-order chi connectivity index (χ0) is 15.0.